The third-order valence-electron chi connectivity index (χ3n) is 4.32. The molecule has 6 heteroatoms. The number of carbonyl (C=O) groups excluding carboxylic acids is 1. The summed E-state index contributed by atoms with van der Waals surface area (Å²) in [6, 6.07) is 0. The molecule has 0 radical (unpaired) electrons. The molecule has 0 unspecified atom stereocenters. The topological polar surface area (TPSA) is 72.9 Å². The standard InChI is InChI=1S/C15H24N4OS/c1-19-11-12(10-18-19)6-9-17-14(20)15(13(16)21)7-4-2-3-5-8-15/h10-11H,2-9H2,1H3,(H2,16,21)(H,17,20). The van der Waals surface area contributed by atoms with E-state index in [0.717, 1.165) is 50.5 Å². The Morgan fingerprint density at radius 3 is 2.62 bits per heavy atom. The number of rotatable bonds is 5. The lowest BCUT2D eigenvalue weighted by molar-refractivity contribution is -0.128. The van der Waals surface area contributed by atoms with E-state index in [4.69, 9.17) is 18.0 Å². The number of nitrogens with two attached hydrogens (primary N) is 1. The number of nitrogens with zero attached hydrogens (tertiary/aromatic N) is 2. The van der Waals surface area contributed by atoms with Gasteiger partial charge in [-0.1, -0.05) is 37.9 Å². The Hall–Kier alpha value is -1.43. The zero-order valence-electron chi connectivity index (χ0n) is 12.6. The molecule has 0 atom stereocenters. The van der Waals surface area contributed by atoms with Crippen LogP contribution < -0.4 is 11.1 Å². The number of amides is 1. The molecule has 5 nitrogen and oxygen atoms in total. The minimum atomic E-state index is -0.638. The maximum Gasteiger partial charge on any atom is 0.233 e. The molecule has 2 rings (SSSR count). The molecule has 0 saturated heterocycles. The van der Waals surface area contributed by atoms with Crippen LogP contribution in [0.4, 0.5) is 0 Å². The summed E-state index contributed by atoms with van der Waals surface area (Å²) in [5, 5.41) is 7.14. The summed E-state index contributed by atoms with van der Waals surface area (Å²) < 4.78 is 1.76. The molecule has 0 aliphatic heterocycles. The van der Waals surface area contributed by atoms with Gasteiger partial charge >= 0.3 is 0 Å². The maximum atomic E-state index is 12.6. The van der Waals surface area contributed by atoms with E-state index >= 15 is 0 Å². The summed E-state index contributed by atoms with van der Waals surface area (Å²) >= 11 is 5.21. The van der Waals surface area contributed by atoms with Crippen molar-refractivity contribution in [1.82, 2.24) is 15.1 Å². The van der Waals surface area contributed by atoms with Crippen LogP contribution in [0.1, 0.15) is 44.1 Å². The highest BCUT2D eigenvalue weighted by molar-refractivity contribution is 7.80. The van der Waals surface area contributed by atoms with Crippen LogP contribution in [0.25, 0.3) is 0 Å². The van der Waals surface area contributed by atoms with Crippen LogP contribution in [0.15, 0.2) is 12.4 Å². The fourth-order valence-electron chi connectivity index (χ4n) is 3.01. The normalized spacial score (nSPS) is 18.0. The van der Waals surface area contributed by atoms with Crippen molar-refractivity contribution >= 4 is 23.1 Å². The van der Waals surface area contributed by atoms with Crippen molar-refractivity contribution in [1.29, 1.82) is 0 Å². The van der Waals surface area contributed by atoms with Crippen LogP contribution in [0.3, 0.4) is 0 Å². The van der Waals surface area contributed by atoms with Crippen LogP contribution in [-0.2, 0) is 18.3 Å². The Morgan fingerprint density at radius 1 is 1.43 bits per heavy atom. The van der Waals surface area contributed by atoms with Crippen molar-refractivity contribution < 1.29 is 4.79 Å². The fraction of sp³-hybridized carbons (Fsp3) is 0.667. The first-order valence-electron chi connectivity index (χ1n) is 7.60. The summed E-state index contributed by atoms with van der Waals surface area (Å²) in [7, 11) is 1.88. The summed E-state index contributed by atoms with van der Waals surface area (Å²) in [5.41, 5.74) is 6.39. The first-order chi connectivity index (χ1) is 10.0. The maximum absolute atomic E-state index is 12.6. The molecule has 1 heterocycles. The summed E-state index contributed by atoms with van der Waals surface area (Å²) in [6.07, 6.45) is 10.5. The second-order valence-electron chi connectivity index (χ2n) is 5.89. The summed E-state index contributed by atoms with van der Waals surface area (Å²) in [5.74, 6) is 0.000732. The third kappa shape index (κ3) is 3.81. The van der Waals surface area contributed by atoms with E-state index in [1.807, 2.05) is 19.4 Å². The van der Waals surface area contributed by atoms with Gasteiger partial charge in [0, 0.05) is 19.8 Å². The van der Waals surface area contributed by atoms with Gasteiger partial charge in [-0.25, -0.2) is 0 Å². The van der Waals surface area contributed by atoms with Crippen LogP contribution in [0, 0.1) is 5.41 Å². The van der Waals surface area contributed by atoms with E-state index < -0.39 is 5.41 Å². The van der Waals surface area contributed by atoms with E-state index in [1.54, 1.807) is 4.68 Å². The van der Waals surface area contributed by atoms with Crippen molar-refractivity contribution in [2.75, 3.05) is 6.54 Å². The highest BCUT2D eigenvalue weighted by Crippen LogP contribution is 2.35. The number of nitrogens with one attached hydrogen (secondary N) is 1. The molecule has 1 saturated carbocycles. The molecule has 1 aliphatic carbocycles. The molecular formula is C15H24N4OS. The quantitative estimate of drug-likeness (QED) is 0.641. The number of thiocarbonyl (C=S) groups is 1. The second-order valence-corrected chi connectivity index (χ2v) is 6.33. The smallest absolute Gasteiger partial charge is 0.233 e. The minimum absolute atomic E-state index is 0.000732. The zero-order valence-corrected chi connectivity index (χ0v) is 13.4. The van der Waals surface area contributed by atoms with E-state index in [-0.39, 0.29) is 5.91 Å². The highest BCUT2D eigenvalue weighted by Gasteiger charge is 2.41. The number of aryl methyl sites for hydroxylation is 1. The predicted octanol–water partition coefficient (Wildman–Crippen LogP) is 1.71. The third-order valence-corrected chi connectivity index (χ3v) is 4.71. The Bertz CT molecular complexity index is 504. The zero-order chi connectivity index (χ0) is 15.3. The van der Waals surface area contributed by atoms with Gasteiger partial charge in [0.1, 0.15) is 0 Å². The van der Waals surface area contributed by atoms with Crippen molar-refractivity contribution in [3.63, 3.8) is 0 Å². The SMILES string of the molecule is Cn1cc(CCNC(=O)C2(C(N)=S)CCCCCC2)cn1. The Kier molecular flexibility index (Phi) is 5.33. The lowest BCUT2D eigenvalue weighted by atomic mass is 9.79. The molecule has 0 aromatic carbocycles. The minimum Gasteiger partial charge on any atom is -0.392 e. The van der Waals surface area contributed by atoms with E-state index in [0.29, 0.717) is 11.5 Å². The Balaban J connectivity index is 1.93. The molecular weight excluding hydrogens is 284 g/mol. The van der Waals surface area contributed by atoms with Gasteiger partial charge in [0.05, 0.1) is 16.6 Å². The number of carbonyl (C=O) groups is 1. The first-order valence-corrected chi connectivity index (χ1v) is 8.01. The predicted molar refractivity (Wildman–Crippen MR) is 86.8 cm³/mol. The van der Waals surface area contributed by atoms with Crippen molar-refractivity contribution in [3.8, 4) is 0 Å². The monoisotopic (exact) mass is 308 g/mol. The lowest BCUT2D eigenvalue weighted by Gasteiger charge is -2.30. The molecule has 1 aromatic heterocycles. The number of hydrogen-bond acceptors (Lipinski definition) is 3. The molecule has 21 heavy (non-hydrogen) atoms. The number of hydrogen-bond donors (Lipinski definition) is 2. The largest absolute Gasteiger partial charge is 0.392 e. The second kappa shape index (κ2) is 7.02. The van der Waals surface area contributed by atoms with Gasteiger partial charge in [0.2, 0.25) is 5.91 Å². The van der Waals surface area contributed by atoms with E-state index in [1.165, 1.54) is 0 Å². The van der Waals surface area contributed by atoms with Crippen LogP contribution in [0.5, 0.6) is 0 Å². The van der Waals surface area contributed by atoms with Gasteiger partial charge < -0.3 is 11.1 Å². The van der Waals surface area contributed by atoms with Crippen LogP contribution >= 0.6 is 12.2 Å². The Morgan fingerprint density at radius 2 is 2.10 bits per heavy atom. The Labute approximate surface area is 131 Å². The van der Waals surface area contributed by atoms with Gasteiger partial charge in [-0.3, -0.25) is 9.48 Å². The summed E-state index contributed by atoms with van der Waals surface area (Å²) in [6.45, 7) is 0.592. The first kappa shape index (κ1) is 15.9. The average molecular weight is 308 g/mol. The van der Waals surface area contributed by atoms with Gasteiger partial charge in [-0.05, 0) is 24.8 Å². The van der Waals surface area contributed by atoms with E-state index in [2.05, 4.69) is 10.4 Å². The van der Waals surface area contributed by atoms with Gasteiger partial charge in [0.15, 0.2) is 0 Å². The summed E-state index contributed by atoms with van der Waals surface area (Å²) in [4.78, 5) is 13.0. The molecule has 0 spiro atoms. The number of aromatic nitrogens is 2. The average Bonchev–Trinajstić information content (AvgIpc) is 2.72. The van der Waals surface area contributed by atoms with Crippen LogP contribution in [0.2, 0.25) is 0 Å². The molecule has 1 fully saturated rings. The highest BCUT2D eigenvalue weighted by atomic mass is 32.1. The van der Waals surface area contributed by atoms with Crippen molar-refractivity contribution in [3.05, 3.63) is 18.0 Å². The molecule has 1 aromatic rings. The molecule has 0 bridgehead atoms. The van der Waals surface area contributed by atoms with Gasteiger partial charge in [-0.15, -0.1) is 0 Å². The van der Waals surface area contributed by atoms with Crippen molar-refractivity contribution in [2.45, 2.75) is 44.9 Å². The van der Waals surface area contributed by atoms with E-state index in [9.17, 15) is 4.79 Å². The van der Waals surface area contributed by atoms with Crippen LogP contribution in [-0.4, -0.2) is 27.2 Å². The van der Waals surface area contributed by atoms with Crippen molar-refractivity contribution in [2.24, 2.45) is 18.2 Å². The molecule has 1 aliphatic rings. The molecule has 1 amide bonds. The van der Waals surface area contributed by atoms with Gasteiger partial charge in [0.25, 0.3) is 0 Å². The molecule has 116 valence electrons. The lowest BCUT2D eigenvalue weighted by Crippen LogP contribution is -2.49. The van der Waals surface area contributed by atoms with Gasteiger partial charge in [-0.2, -0.15) is 5.10 Å². The molecule has 3 N–H and O–H groups in total. The fourth-order valence-corrected chi connectivity index (χ4v) is 3.30.